The van der Waals surface area contributed by atoms with Crippen LogP contribution in [0.4, 0.5) is 0 Å². The van der Waals surface area contributed by atoms with Crippen LogP contribution in [0, 0.1) is 0 Å². The van der Waals surface area contributed by atoms with Crippen molar-refractivity contribution in [3.05, 3.63) is 108 Å². The molecule has 0 N–H and O–H groups in total. The summed E-state index contributed by atoms with van der Waals surface area (Å²) in [4.78, 5) is 0. The summed E-state index contributed by atoms with van der Waals surface area (Å²) in [5, 5.41) is 6.27. The van der Waals surface area contributed by atoms with Crippen molar-refractivity contribution in [3.8, 4) is 0 Å². The molecule has 3 aromatic rings. The van der Waals surface area contributed by atoms with E-state index in [1.165, 1.54) is 64.0 Å². The van der Waals surface area contributed by atoms with Crippen LogP contribution in [0.15, 0.2) is 74.8 Å². The maximum Gasteiger partial charge on any atom is -0.147 e. The Balaban J connectivity index is 0.00000486. The third-order valence-electron chi connectivity index (χ3n) is 11.6. The average Bonchev–Trinajstić information content (AvgIpc) is 3.21. The standard InChI is InChI=1S/C49H71Si.3ClH.Ti/c1-32-21-22-43(33(32)2)50(40-26-34(44(3,4)5)23-35(27-40)45(6,7)8,41-28-36(46(9,10)11)24-37(29-41)47(12,13)14)42-30-38(48(15,16)17)25-39(31-42)49(18,19)20;;;;/h23-31H,22H2,1-20H3;3*1H;. The van der Waals surface area contributed by atoms with Gasteiger partial charge in [0.05, 0.1) is 0 Å². The Morgan fingerprint density at radius 2 is 0.574 bits per heavy atom. The number of rotatable bonds is 4. The summed E-state index contributed by atoms with van der Waals surface area (Å²) < 4.78 is 1.52. The number of benzene rings is 3. The SMILES string of the molecule is CC1=[C]([Ti])CC([Si](c2cc(C(C)(C)C)cc(C(C)(C)C)c2)(c2cc(C(C)(C)C)cc(C(C)(C)C)c2)c2cc(C(C)(C)C)cc(C(C)(C)C)c2)=C1C.Cl.Cl.Cl. The van der Waals surface area contributed by atoms with Crippen LogP contribution in [-0.2, 0) is 52.9 Å². The number of hydrogen-bond donors (Lipinski definition) is 0. The van der Waals surface area contributed by atoms with E-state index >= 15 is 0 Å². The van der Waals surface area contributed by atoms with Gasteiger partial charge in [-0.25, -0.2) is 0 Å². The van der Waals surface area contributed by atoms with Gasteiger partial charge in [-0.1, -0.05) is 0 Å². The molecule has 4 rings (SSSR count). The van der Waals surface area contributed by atoms with E-state index in [4.69, 9.17) is 0 Å². The van der Waals surface area contributed by atoms with E-state index in [-0.39, 0.29) is 69.7 Å². The summed E-state index contributed by atoms with van der Waals surface area (Å²) >= 11 is 2.38. The Morgan fingerprint density at radius 3 is 0.722 bits per heavy atom. The zero-order valence-corrected chi connectivity index (χ0v) is 42.6. The van der Waals surface area contributed by atoms with Crippen LogP contribution in [0.5, 0.6) is 0 Å². The van der Waals surface area contributed by atoms with Crippen LogP contribution in [0.3, 0.4) is 0 Å². The van der Waals surface area contributed by atoms with Gasteiger partial charge in [0.2, 0.25) is 0 Å². The second-order valence-electron chi connectivity index (χ2n) is 22.0. The monoisotopic (exact) mass is 843 g/mol. The van der Waals surface area contributed by atoms with E-state index in [2.05, 4.69) is 214 Å². The van der Waals surface area contributed by atoms with Gasteiger partial charge in [0.15, 0.2) is 0 Å². The minimum absolute atomic E-state index is 0. The van der Waals surface area contributed by atoms with E-state index in [1.807, 2.05) is 0 Å². The van der Waals surface area contributed by atoms with Crippen LogP contribution in [0.1, 0.15) is 178 Å². The van der Waals surface area contributed by atoms with Crippen molar-refractivity contribution >= 4 is 60.9 Å². The summed E-state index contributed by atoms with van der Waals surface area (Å²) in [6.07, 6.45) is 1.03. The molecule has 54 heavy (non-hydrogen) atoms. The van der Waals surface area contributed by atoms with Crippen LogP contribution < -0.4 is 15.6 Å². The zero-order valence-electron chi connectivity index (χ0n) is 37.6. The van der Waals surface area contributed by atoms with Crippen molar-refractivity contribution in [1.82, 2.24) is 0 Å². The Bertz CT molecular complexity index is 1610. The quantitative estimate of drug-likeness (QED) is 0.181. The normalized spacial score (nSPS) is 14.8. The summed E-state index contributed by atoms with van der Waals surface area (Å²) in [5.74, 6) is 0. The molecule has 5 heteroatoms. The van der Waals surface area contributed by atoms with Crippen molar-refractivity contribution in [2.45, 2.75) is 177 Å². The van der Waals surface area contributed by atoms with Gasteiger partial charge in [-0.3, -0.25) is 0 Å². The molecule has 0 aliphatic heterocycles. The van der Waals surface area contributed by atoms with E-state index in [0.717, 1.165) is 6.42 Å². The van der Waals surface area contributed by atoms with Crippen LogP contribution in [0.25, 0.3) is 0 Å². The molecule has 0 nitrogen and oxygen atoms in total. The van der Waals surface area contributed by atoms with Crippen molar-refractivity contribution in [3.63, 3.8) is 0 Å². The molecule has 0 aromatic heterocycles. The van der Waals surface area contributed by atoms with E-state index < -0.39 is 8.07 Å². The first-order valence-electron chi connectivity index (χ1n) is 19.4. The predicted octanol–water partition coefficient (Wildman–Crippen LogP) is 13.3. The van der Waals surface area contributed by atoms with Crippen LogP contribution in [-0.4, -0.2) is 8.07 Å². The minimum atomic E-state index is -2.96. The van der Waals surface area contributed by atoms with E-state index in [0.29, 0.717) is 0 Å². The van der Waals surface area contributed by atoms with Gasteiger partial charge in [-0.2, -0.15) is 0 Å². The fourth-order valence-electron chi connectivity index (χ4n) is 7.46. The summed E-state index contributed by atoms with van der Waals surface area (Å²) in [6, 6.07) is 23.5. The molecule has 0 radical (unpaired) electrons. The Kier molecular flexibility index (Phi) is 15.7. The van der Waals surface area contributed by atoms with Crippen molar-refractivity contribution < 1.29 is 20.4 Å². The molecule has 1 aliphatic carbocycles. The molecule has 3 aromatic carbocycles. The fraction of sp³-hybridized carbons (Fsp3) is 0.551. The molecule has 0 fully saturated rings. The summed E-state index contributed by atoms with van der Waals surface area (Å²) in [7, 11) is -2.96. The molecule has 0 saturated heterocycles. The van der Waals surface area contributed by atoms with Crippen molar-refractivity contribution in [2.24, 2.45) is 0 Å². The molecular formula is C49H74Cl3SiTi. The summed E-state index contributed by atoms with van der Waals surface area (Å²) in [6.45, 7) is 48.0. The zero-order chi connectivity index (χ0) is 39.1. The molecule has 299 valence electrons. The number of allylic oxidation sites excluding steroid dienone is 4. The topological polar surface area (TPSA) is 0 Å². The Hall–Kier alpha value is -1.06. The smallest absolute Gasteiger partial charge is 0.147 e. The molecule has 0 saturated carbocycles. The van der Waals surface area contributed by atoms with Gasteiger partial charge in [0.25, 0.3) is 0 Å². The molecule has 0 amide bonds. The Labute approximate surface area is 364 Å². The fourth-order valence-corrected chi connectivity index (χ4v) is 13.8. The number of hydrogen-bond acceptors (Lipinski definition) is 0. The third kappa shape index (κ3) is 10.3. The maximum atomic E-state index is 2.66. The van der Waals surface area contributed by atoms with Crippen molar-refractivity contribution in [1.29, 1.82) is 0 Å². The molecule has 0 heterocycles. The van der Waals surface area contributed by atoms with Gasteiger partial charge >= 0.3 is 330 Å². The van der Waals surface area contributed by atoms with Crippen molar-refractivity contribution in [2.75, 3.05) is 0 Å². The van der Waals surface area contributed by atoms with Crippen LogP contribution >= 0.6 is 37.2 Å². The summed E-state index contributed by atoms with van der Waals surface area (Å²) in [5.41, 5.74) is 11.6. The third-order valence-corrected chi connectivity index (χ3v) is 17.4. The Morgan fingerprint density at radius 1 is 0.370 bits per heavy atom. The first-order valence-corrected chi connectivity index (χ1v) is 22.2. The second-order valence-corrected chi connectivity index (χ2v) is 26.8. The number of halogens is 3. The second kappa shape index (κ2) is 16.7. The van der Waals surface area contributed by atoms with Gasteiger partial charge in [0.1, 0.15) is 0 Å². The first kappa shape index (κ1) is 51.0. The largest absolute Gasteiger partial charge is 0.147 e. The molecule has 0 atom stereocenters. The van der Waals surface area contributed by atoms with Gasteiger partial charge in [0, 0.05) is 0 Å². The van der Waals surface area contributed by atoms with Crippen LogP contribution in [0.2, 0.25) is 0 Å². The first-order chi connectivity index (χ1) is 22.8. The molecular weight excluding hydrogens is 771 g/mol. The van der Waals surface area contributed by atoms with E-state index in [9.17, 15) is 0 Å². The molecule has 0 spiro atoms. The average molecular weight is 845 g/mol. The van der Waals surface area contributed by atoms with E-state index in [1.54, 1.807) is 5.20 Å². The van der Waals surface area contributed by atoms with Gasteiger partial charge in [-0.05, 0) is 0 Å². The molecule has 0 unspecified atom stereocenters. The molecule has 1 aliphatic rings. The predicted molar refractivity (Wildman–Crippen MR) is 248 cm³/mol. The van der Waals surface area contributed by atoms with Gasteiger partial charge in [-0.15, -0.1) is 37.2 Å². The van der Waals surface area contributed by atoms with Gasteiger partial charge < -0.3 is 0 Å². The maximum absolute atomic E-state index is 2.96. The minimum Gasteiger partial charge on any atom is -0.147 e. The molecule has 0 bridgehead atoms.